The summed E-state index contributed by atoms with van der Waals surface area (Å²) in [6.07, 6.45) is 3.57. The predicted octanol–water partition coefficient (Wildman–Crippen LogP) is 3.48. The second-order valence-electron chi connectivity index (χ2n) is 4.68. The molecule has 0 amide bonds. The molecule has 1 atom stereocenters. The molecule has 4 nitrogen and oxygen atoms in total. The van der Waals surface area contributed by atoms with Crippen LogP contribution in [-0.4, -0.2) is 18.1 Å². The maximum Gasteiger partial charge on any atom is 0.337 e. The van der Waals surface area contributed by atoms with Gasteiger partial charge in [0, 0.05) is 29.5 Å². The third-order valence-electron chi connectivity index (χ3n) is 3.28. The van der Waals surface area contributed by atoms with Crippen molar-refractivity contribution in [3.8, 4) is 0 Å². The van der Waals surface area contributed by atoms with Crippen molar-refractivity contribution in [2.75, 3.05) is 7.11 Å². The van der Waals surface area contributed by atoms with Crippen molar-refractivity contribution in [3.05, 3.63) is 63.9 Å². The number of pyridine rings is 1. The monoisotopic (exact) mass is 348 g/mol. The molecule has 1 unspecified atom stereocenters. The summed E-state index contributed by atoms with van der Waals surface area (Å²) in [5.41, 5.74) is 2.81. The van der Waals surface area contributed by atoms with E-state index in [0.717, 1.165) is 10.0 Å². The third kappa shape index (κ3) is 4.12. The van der Waals surface area contributed by atoms with Crippen molar-refractivity contribution in [2.24, 2.45) is 0 Å². The molecule has 0 fully saturated rings. The number of benzene rings is 1. The number of esters is 1. The minimum absolute atomic E-state index is 0.222. The van der Waals surface area contributed by atoms with Gasteiger partial charge in [0.05, 0.1) is 12.7 Å². The highest BCUT2D eigenvalue weighted by molar-refractivity contribution is 9.10. The third-order valence-corrected chi connectivity index (χ3v) is 4.02. The second-order valence-corrected chi connectivity index (χ2v) is 5.54. The molecule has 2 rings (SSSR count). The zero-order valence-corrected chi connectivity index (χ0v) is 13.6. The molecular formula is C16H17BrN2O2. The zero-order chi connectivity index (χ0) is 15.2. The van der Waals surface area contributed by atoms with Crippen LogP contribution in [0.5, 0.6) is 0 Å². The van der Waals surface area contributed by atoms with E-state index in [4.69, 9.17) is 4.74 Å². The molecule has 0 aliphatic heterocycles. The minimum Gasteiger partial charge on any atom is -0.465 e. The Balaban J connectivity index is 2.02. The summed E-state index contributed by atoms with van der Waals surface area (Å²) in [6.45, 7) is 2.80. The van der Waals surface area contributed by atoms with Crippen LogP contribution in [0.25, 0.3) is 0 Å². The second kappa shape index (κ2) is 7.33. The number of carbonyl (C=O) groups is 1. The predicted molar refractivity (Wildman–Crippen MR) is 85.0 cm³/mol. The minimum atomic E-state index is -0.333. The molecule has 1 N–H and O–H groups in total. The van der Waals surface area contributed by atoms with E-state index in [-0.39, 0.29) is 12.0 Å². The van der Waals surface area contributed by atoms with E-state index in [1.54, 1.807) is 24.5 Å². The highest BCUT2D eigenvalue weighted by atomic mass is 79.9. The number of halogens is 1. The van der Waals surface area contributed by atoms with Crippen LogP contribution in [0.4, 0.5) is 0 Å². The van der Waals surface area contributed by atoms with Gasteiger partial charge in [-0.3, -0.25) is 4.98 Å². The fraction of sp³-hybridized carbons (Fsp3) is 0.250. The Morgan fingerprint density at radius 3 is 2.67 bits per heavy atom. The van der Waals surface area contributed by atoms with Gasteiger partial charge in [0.15, 0.2) is 0 Å². The van der Waals surface area contributed by atoms with E-state index in [1.807, 2.05) is 18.2 Å². The zero-order valence-electron chi connectivity index (χ0n) is 12.0. The number of nitrogens with zero attached hydrogens (tertiary/aromatic N) is 1. The Morgan fingerprint density at radius 1 is 1.33 bits per heavy atom. The smallest absolute Gasteiger partial charge is 0.337 e. The average Bonchev–Trinajstić information content (AvgIpc) is 2.53. The van der Waals surface area contributed by atoms with Crippen LogP contribution in [-0.2, 0) is 11.3 Å². The van der Waals surface area contributed by atoms with E-state index in [1.165, 1.54) is 12.7 Å². The van der Waals surface area contributed by atoms with Gasteiger partial charge in [0.25, 0.3) is 0 Å². The van der Waals surface area contributed by atoms with E-state index >= 15 is 0 Å². The molecule has 1 heterocycles. The molecule has 0 aliphatic rings. The molecule has 2 aromatic rings. The maximum atomic E-state index is 11.5. The molecule has 5 heteroatoms. The Bertz CT molecular complexity index is 617. The molecule has 0 saturated heterocycles. The number of hydrogen-bond donors (Lipinski definition) is 1. The quantitative estimate of drug-likeness (QED) is 0.840. The fourth-order valence-corrected chi connectivity index (χ4v) is 2.49. The molecule has 21 heavy (non-hydrogen) atoms. The largest absolute Gasteiger partial charge is 0.465 e. The Morgan fingerprint density at radius 2 is 2.05 bits per heavy atom. The summed E-state index contributed by atoms with van der Waals surface area (Å²) in [7, 11) is 1.38. The van der Waals surface area contributed by atoms with Crippen LogP contribution >= 0.6 is 15.9 Å². The van der Waals surface area contributed by atoms with Crippen molar-refractivity contribution >= 4 is 21.9 Å². The lowest BCUT2D eigenvalue weighted by atomic mass is 10.1. The molecule has 0 spiro atoms. The van der Waals surface area contributed by atoms with Gasteiger partial charge in [-0.25, -0.2) is 4.79 Å². The molecular weight excluding hydrogens is 332 g/mol. The molecule has 0 aliphatic carbocycles. The lowest BCUT2D eigenvalue weighted by molar-refractivity contribution is 0.0600. The van der Waals surface area contributed by atoms with Gasteiger partial charge >= 0.3 is 5.97 Å². The molecule has 0 radical (unpaired) electrons. The van der Waals surface area contributed by atoms with E-state index < -0.39 is 0 Å². The van der Waals surface area contributed by atoms with E-state index in [2.05, 4.69) is 33.2 Å². The first kappa shape index (κ1) is 15.7. The summed E-state index contributed by atoms with van der Waals surface area (Å²) < 4.78 is 5.59. The van der Waals surface area contributed by atoms with Crippen LogP contribution < -0.4 is 5.32 Å². The first-order chi connectivity index (χ1) is 10.1. The van der Waals surface area contributed by atoms with Crippen molar-refractivity contribution in [1.29, 1.82) is 0 Å². The molecule has 110 valence electrons. The summed E-state index contributed by atoms with van der Waals surface area (Å²) in [6, 6.07) is 9.67. The van der Waals surface area contributed by atoms with Crippen LogP contribution in [0.1, 0.15) is 34.5 Å². The van der Waals surface area contributed by atoms with Gasteiger partial charge in [0.2, 0.25) is 0 Å². The molecule has 0 saturated carbocycles. The van der Waals surface area contributed by atoms with Crippen molar-refractivity contribution in [3.63, 3.8) is 0 Å². The standard InChI is InChI=1S/C16H17BrN2O2/c1-11(12-5-7-18-8-6-12)19-10-14-4-3-13(9-15(14)17)16(20)21-2/h3-9,11,19H,10H2,1-2H3. The first-order valence-corrected chi connectivity index (χ1v) is 7.41. The van der Waals surface area contributed by atoms with Crippen LogP contribution in [0, 0.1) is 0 Å². The Hall–Kier alpha value is -1.72. The SMILES string of the molecule is COC(=O)c1ccc(CNC(C)c2ccncc2)c(Br)c1. The Kier molecular flexibility index (Phi) is 5.47. The van der Waals surface area contributed by atoms with E-state index in [9.17, 15) is 4.79 Å². The van der Waals surface area contributed by atoms with Gasteiger partial charge in [0.1, 0.15) is 0 Å². The highest BCUT2D eigenvalue weighted by Crippen LogP contribution is 2.20. The molecule has 1 aromatic carbocycles. The van der Waals surface area contributed by atoms with E-state index in [0.29, 0.717) is 12.1 Å². The number of rotatable bonds is 5. The lowest BCUT2D eigenvalue weighted by Gasteiger charge is -2.15. The van der Waals surface area contributed by atoms with Crippen molar-refractivity contribution < 1.29 is 9.53 Å². The maximum absolute atomic E-state index is 11.5. The van der Waals surface area contributed by atoms with Crippen molar-refractivity contribution in [1.82, 2.24) is 10.3 Å². The first-order valence-electron chi connectivity index (χ1n) is 6.62. The van der Waals surface area contributed by atoms with Gasteiger partial charge in [-0.05, 0) is 42.3 Å². The number of carbonyl (C=O) groups excluding carboxylic acids is 1. The van der Waals surface area contributed by atoms with Gasteiger partial charge in [-0.2, -0.15) is 0 Å². The topological polar surface area (TPSA) is 51.2 Å². The van der Waals surface area contributed by atoms with Gasteiger partial charge in [-0.15, -0.1) is 0 Å². The summed E-state index contributed by atoms with van der Waals surface area (Å²) in [5.74, 6) is -0.333. The number of nitrogens with one attached hydrogen (secondary N) is 1. The number of hydrogen-bond acceptors (Lipinski definition) is 4. The van der Waals surface area contributed by atoms with Gasteiger partial charge < -0.3 is 10.1 Å². The molecule has 1 aromatic heterocycles. The summed E-state index contributed by atoms with van der Waals surface area (Å²) in [4.78, 5) is 15.5. The summed E-state index contributed by atoms with van der Waals surface area (Å²) in [5, 5.41) is 3.44. The van der Waals surface area contributed by atoms with Crippen LogP contribution in [0.3, 0.4) is 0 Å². The van der Waals surface area contributed by atoms with Crippen LogP contribution in [0.2, 0.25) is 0 Å². The number of methoxy groups -OCH3 is 1. The number of ether oxygens (including phenoxy) is 1. The lowest BCUT2D eigenvalue weighted by Crippen LogP contribution is -2.18. The Labute approximate surface area is 132 Å². The fourth-order valence-electron chi connectivity index (χ4n) is 1.97. The highest BCUT2D eigenvalue weighted by Gasteiger charge is 2.10. The van der Waals surface area contributed by atoms with Gasteiger partial charge in [-0.1, -0.05) is 22.0 Å². The normalized spacial score (nSPS) is 12.0. The molecule has 0 bridgehead atoms. The average molecular weight is 349 g/mol. The summed E-state index contributed by atoms with van der Waals surface area (Å²) >= 11 is 3.49. The van der Waals surface area contributed by atoms with Crippen LogP contribution in [0.15, 0.2) is 47.2 Å². The number of aromatic nitrogens is 1. The van der Waals surface area contributed by atoms with Crippen molar-refractivity contribution in [2.45, 2.75) is 19.5 Å².